The molecule has 5 nitrogen and oxygen atoms in total. The highest BCUT2D eigenvalue weighted by Gasteiger charge is 2.73. The van der Waals surface area contributed by atoms with Crippen molar-refractivity contribution < 1.29 is 14.9 Å². The quantitative estimate of drug-likeness (QED) is 0.347. The van der Waals surface area contributed by atoms with Crippen LogP contribution >= 0.6 is 11.6 Å². The molecule has 2 bridgehead atoms. The second kappa shape index (κ2) is 7.60. The number of likely N-dealkylation sites (tertiary alicyclic amines) is 1. The fraction of sp³-hybridized carbons (Fsp3) is 0.394. The molecule has 198 valence electrons. The fourth-order valence-corrected chi connectivity index (χ4v) is 9.00. The highest BCUT2D eigenvalue weighted by molar-refractivity contribution is 6.30. The van der Waals surface area contributed by atoms with Gasteiger partial charge in [0.25, 0.3) is 0 Å². The first-order valence-electron chi connectivity index (χ1n) is 14.3. The zero-order chi connectivity index (χ0) is 26.1. The number of aliphatic hydroxyl groups is 1. The molecule has 1 saturated carbocycles. The van der Waals surface area contributed by atoms with Gasteiger partial charge in [-0.15, -0.1) is 0 Å². The molecule has 3 aromatic carbocycles. The number of rotatable bonds is 4. The van der Waals surface area contributed by atoms with Crippen molar-refractivity contribution in [2.45, 2.75) is 61.8 Å². The number of phenolic OH excluding ortho intramolecular Hbond substituents is 1. The van der Waals surface area contributed by atoms with E-state index in [1.54, 1.807) is 6.07 Å². The molecule has 0 radical (unpaired) electrons. The summed E-state index contributed by atoms with van der Waals surface area (Å²) in [6.07, 6.45) is 4.43. The summed E-state index contributed by atoms with van der Waals surface area (Å²) in [4.78, 5) is 2.59. The van der Waals surface area contributed by atoms with E-state index >= 15 is 0 Å². The van der Waals surface area contributed by atoms with E-state index in [1.165, 1.54) is 29.4 Å². The van der Waals surface area contributed by atoms with E-state index in [9.17, 15) is 10.2 Å². The van der Waals surface area contributed by atoms with E-state index in [1.807, 2.05) is 18.2 Å². The molecule has 1 aromatic heterocycles. The van der Waals surface area contributed by atoms with Gasteiger partial charge in [0.2, 0.25) is 0 Å². The predicted molar refractivity (Wildman–Crippen MR) is 151 cm³/mol. The Bertz CT molecular complexity index is 1690. The molecule has 6 heteroatoms. The van der Waals surface area contributed by atoms with E-state index in [-0.39, 0.29) is 17.9 Å². The topological polar surface area (TPSA) is 57.9 Å². The number of hydrogen-bond acceptors (Lipinski definition) is 4. The standard InChI is InChI=1S/C33H31ClN2O3/c34-22-5-3-4-20(14-22)18-36-25-7-2-1-6-23(25)24-16-33(38)27-15-21-10-11-26(37)30-28(21)32(33,31(39-30)29(24)36)12-13-35(27)17-19-8-9-19/h1-7,10-11,14,19,27,31,37-38H,8-9,12-13,15-18H2/t27-,31+,32+,33-/m1/s1. The van der Waals surface area contributed by atoms with Crippen LogP contribution in [0.5, 0.6) is 11.5 Å². The summed E-state index contributed by atoms with van der Waals surface area (Å²) in [6, 6.07) is 20.5. The molecular weight excluding hydrogens is 508 g/mol. The largest absolute Gasteiger partial charge is 0.504 e. The molecule has 9 rings (SSSR count). The Balaban J connectivity index is 1.31. The number of fused-ring (bicyclic) bond motifs is 4. The molecule has 4 atom stereocenters. The van der Waals surface area contributed by atoms with Gasteiger partial charge in [-0.3, -0.25) is 4.90 Å². The molecule has 1 spiro atoms. The van der Waals surface area contributed by atoms with Crippen molar-refractivity contribution in [1.82, 2.24) is 9.47 Å². The minimum atomic E-state index is -0.977. The smallest absolute Gasteiger partial charge is 0.166 e. The van der Waals surface area contributed by atoms with E-state index in [2.05, 4.69) is 45.9 Å². The number of benzene rings is 3. The normalized spacial score (nSPS) is 30.2. The van der Waals surface area contributed by atoms with Crippen molar-refractivity contribution in [1.29, 1.82) is 0 Å². The summed E-state index contributed by atoms with van der Waals surface area (Å²) in [5.74, 6) is 1.52. The number of para-hydroxylation sites is 1. The zero-order valence-corrected chi connectivity index (χ0v) is 22.5. The van der Waals surface area contributed by atoms with Crippen LogP contribution in [0.4, 0.5) is 0 Å². The van der Waals surface area contributed by atoms with Crippen LogP contribution in [-0.2, 0) is 24.8 Å². The van der Waals surface area contributed by atoms with Crippen LogP contribution in [0.3, 0.4) is 0 Å². The van der Waals surface area contributed by atoms with Gasteiger partial charge in [0.05, 0.1) is 16.7 Å². The molecule has 0 unspecified atom stereocenters. The van der Waals surface area contributed by atoms with Gasteiger partial charge in [-0.2, -0.15) is 0 Å². The maximum Gasteiger partial charge on any atom is 0.166 e. The number of aromatic hydroxyl groups is 1. The Morgan fingerprint density at radius 3 is 2.77 bits per heavy atom. The van der Waals surface area contributed by atoms with E-state index in [0.717, 1.165) is 59.2 Å². The molecular formula is C33H31ClN2O3. The van der Waals surface area contributed by atoms with Crippen molar-refractivity contribution in [3.05, 3.63) is 93.6 Å². The third-order valence-corrected chi connectivity index (χ3v) is 10.8. The molecule has 2 aliphatic heterocycles. The molecule has 39 heavy (non-hydrogen) atoms. The summed E-state index contributed by atoms with van der Waals surface area (Å²) in [6.45, 7) is 2.68. The van der Waals surface area contributed by atoms with Gasteiger partial charge >= 0.3 is 0 Å². The number of piperidine rings is 1. The first-order chi connectivity index (χ1) is 19.0. The highest BCUT2D eigenvalue weighted by Crippen LogP contribution is 2.69. The first kappa shape index (κ1) is 22.8. The molecule has 3 aliphatic carbocycles. The van der Waals surface area contributed by atoms with Crippen LogP contribution in [0.1, 0.15) is 53.3 Å². The Kier molecular flexibility index (Phi) is 4.44. The number of ether oxygens (including phenoxy) is 1. The van der Waals surface area contributed by atoms with Crippen molar-refractivity contribution in [3.63, 3.8) is 0 Å². The SMILES string of the molecule is Oc1ccc2c3c1O[C@H]1c4c(c5ccccc5n4Cc4cccc(Cl)c4)C[C@@]4(O)[C@@H](C2)N(CC2CC2)CC[C@]314. The molecule has 4 aromatic rings. The molecule has 2 N–H and O–H groups in total. The second-order valence-corrected chi connectivity index (χ2v) is 13.0. The average molecular weight is 539 g/mol. The zero-order valence-electron chi connectivity index (χ0n) is 21.7. The number of phenols is 1. The minimum absolute atomic E-state index is 0.0316. The lowest BCUT2D eigenvalue weighted by Crippen LogP contribution is -2.74. The van der Waals surface area contributed by atoms with Crippen molar-refractivity contribution in [2.75, 3.05) is 13.1 Å². The van der Waals surface area contributed by atoms with Gasteiger partial charge in [-0.05, 0) is 79.1 Å². The van der Waals surface area contributed by atoms with E-state index in [0.29, 0.717) is 18.7 Å². The number of nitrogens with zero attached hydrogens (tertiary/aromatic N) is 2. The Morgan fingerprint density at radius 1 is 1.05 bits per heavy atom. The van der Waals surface area contributed by atoms with Gasteiger partial charge in [0.1, 0.15) is 0 Å². The van der Waals surface area contributed by atoms with Gasteiger partial charge in [-0.1, -0.05) is 48.0 Å². The van der Waals surface area contributed by atoms with Crippen LogP contribution in [-0.4, -0.2) is 44.4 Å². The molecule has 0 amide bonds. The fourth-order valence-electron chi connectivity index (χ4n) is 8.79. The number of aromatic nitrogens is 1. The number of hydrogen-bond donors (Lipinski definition) is 2. The summed E-state index contributed by atoms with van der Waals surface area (Å²) in [5.41, 5.74) is 5.31. The lowest BCUT2D eigenvalue weighted by molar-refractivity contribution is -0.173. The van der Waals surface area contributed by atoms with Gasteiger partial charge < -0.3 is 19.5 Å². The van der Waals surface area contributed by atoms with Crippen molar-refractivity contribution in [3.8, 4) is 11.5 Å². The van der Waals surface area contributed by atoms with Gasteiger partial charge in [-0.25, -0.2) is 0 Å². The maximum atomic E-state index is 13.1. The van der Waals surface area contributed by atoms with E-state index in [4.69, 9.17) is 16.3 Å². The second-order valence-electron chi connectivity index (χ2n) is 12.5. The van der Waals surface area contributed by atoms with E-state index < -0.39 is 11.0 Å². The third kappa shape index (κ3) is 2.83. The van der Waals surface area contributed by atoms with Crippen LogP contribution in [0, 0.1) is 5.92 Å². The van der Waals surface area contributed by atoms with Crippen LogP contribution in [0.15, 0.2) is 60.7 Å². The minimum Gasteiger partial charge on any atom is -0.504 e. The van der Waals surface area contributed by atoms with Crippen LogP contribution < -0.4 is 4.74 Å². The van der Waals surface area contributed by atoms with Gasteiger partial charge in [0.15, 0.2) is 17.6 Å². The van der Waals surface area contributed by atoms with Crippen molar-refractivity contribution in [2.24, 2.45) is 5.92 Å². The summed E-state index contributed by atoms with van der Waals surface area (Å²) < 4.78 is 9.27. The summed E-state index contributed by atoms with van der Waals surface area (Å²) in [5, 5.41) is 26.1. The summed E-state index contributed by atoms with van der Waals surface area (Å²) >= 11 is 6.40. The van der Waals surface area contributed by atoms with Crippen LogP contribution in [0.25, 0.3) is 10.9 Å². The Hall–Kier alpha value is -2.99. The maximum absolute atomic E-state index is 13.1. The first-order valence-corrected chi connectivity index (χ1v) is 14.7. The Labute approximate surface area is 232 Å². The van der Waals surface area contributed by atoms with Crippen LogP contribution in [0.2, 0.25) is 5.02 Å². The third-order valence-electron chi connectivity index (χ3n) is 10.6. The van der Waals surface area contributed by atoms with Crippen molar-refractivity contribution >= 4 is 22.5 Å². The molecule has 1 saturated heterocycles. The lowest BCUT2D eigenvalue weighted by atomic mass is 9.49. The monoisotopic (exact) mass is 538 g/mol. The molecule has 3 heterocycles. The summed E-state index contributed by atoms with van der Waals surface area (Å²) in [7, 11) is 0. The predicted octanol–water partition coefficient (Wildman–Crippen LogP) is 5.75. The average Bonchev–Trinajstić information content (AvgIpc) is 3.60. The number of halogens is 1. The highest BCUT2D eigenvalue weighted by atomic mass is 35.5. The molecule has 2 fully saturated rings. The molecule has 5 aliphatic rings. The Morgan fingerprint density at radius 2 is 1.92 bits per heavy atom. The lowest BCUT2D eigenvalue weighted by Gasteiger charge is -2.63. The van der Waals surface area contributed by atoms with Gasteiger partial charge in [0, 0.05) is 47.0 Å².